The number of rotatable bonds is 4. The van der Waals surface area contributed by atoms with E-state index in [2.05, 4.69) is 132 Å². The minimum absolute atomic E-state index is 0.140. The molecule has 4 heteroatoms. The standard InChI is InChI=1S/C50H30N2S2/c1-3-15-31(16-4-1)51-42-26-10-7-19-33(42)35-22-13-23-36(46(35)51)34-29-30-38(49-45(34)40-21-9-12-28-44(40)53-49)37-24-14-25-41-47-50(54-48(37)41)39-20-8-11-27-43(39)52(47)32-17-5-2-6-18-32/h1-30H/i1D,3D,4D,15D,16D. The fraction of sp³-hybridized carbons (Fsp3) is 0. The number of aromatic nitrogens is 2. The summed E-state index contributed by atoms with van der Waals surface area (Å²) in [6.45, 7) is 0. The van der Waals surface area contributed by atoms with Crippen LogP contribution < -0.4 is 0 Å². The number of para-hydroxylation sites is 5. The Morgan fingerprint density at radius 2 is 0.981 bits per heavy atom. The molecule has 0 aliphatic carbocycles. The van der Waals surface area contributed by atoms with Crippen molar-refractivity contribution in [3.8, 4) is 33.6 Å². The van der Waals surface area contributed by atoms with Crippen LogP contribution in [0.3, 0.4) is 0 Å². The predicted molar refractivity (Wildman–Crippen MR) is 234 cm³/mol. The van der Waals surface area contributed by atoms with Crippen molar-refractivity contribution >= 4 is 95.9 Å². The second-order valence-electron chi connectivity index (χ2n) is 13.6. The molecule has 54 heavy (non-hydrogen) atoms. The van der Waals surface area contributed by atoms with Gasteiger partial charge in [0.05, 0.1) is 33.6 Å². The number of hydrogen-bond acceptors (Lipinski definition) is 2. The average Bonchev–Trinajstić information content (AvgIpc) is 4.03. The third-order valence-corrected chi connectivity index (χ3v) is 13.3. The van der Waals surface area contributed by atoms with Gasteiger partial charge in [0.2, 0.25) is 0 Å². The second-order valence-corrected chi connectivity index (χ2v) is 15.7. The molecule has 252 valence electrons. The van der Waals surface area contributed by atoms with Gasteiger partial charge in [-0.1, -0.05) is 139 Å². The normalized spacial score (nSPS) is 13.4. The summed E-state index contributed by atoms with van der Waals surface area (Å²) in [5, 5.41) is 6.63. The fourth-order valence-corrected chi connectivity index (χ4v) is 11.2. The summed E-state index contributed by atoms with van der Waals surface area (Å²) in [6.07, 6.45) is 0. The van der Waals surface area contributed by atoms with E-state index in [1.807, 2.05) is 40.2 Å². The maximum absolute atomic E-state index is 9.08. The molecule has 0 spiro atoms. The van der Waals surface area contributed by atoms with E-state index in [0.29, 0.717) is 0 Å². The van der Waals surface area contributed by atoms with Crippen molar-refractivity contribution in [2.75, 3.05) is 0 Å². The van der Waals surface area contributed by atoms with E-state index in [1.165, 1.54) is 46.2 Å². The quantitative estimate of drug-likeness (QED) is 0.171. The number of nitrogens with zero attached hydrogens (tertiary/aromatic N) is 2. The molecule has 12 aromatic rings. The molecule has 2 nitrogen and oxygen atoms in total. The Labute approximate surface area is 326 Å². The van der Waals surface area contributed by atoms with E-state index in [0.717, 1.165) is 55.0 Å². The largest absolute Gasteiger partial charge is 0.309 e. The lowest BCUT2D eigenvalue weighted by atomic mass is 9.93. The van der Waals surface area contributed by atoms with Crippen LogP contribution in [0.15, 0.2) is 182 Å². The molecule has 0 aliphatic heterocycles. The molecule has 0 bridgehead atoms. The number of thiophene rings is 2. The first-order valence-corrected chi connectivity index (χ1v) is 19.6. The maximum Gasteiger partial charge on any atom is 0.0727 e. The van der Waals surface area contributed by atoms with Crippen LogP contribution in [0.4, 0.5) is 0 Å². The zero-order valence-electron chi connectivity index (χ0n) is 33.6. The molecule has 0 atom stereocenters. The van der Waals surface area contributed by atoms with Crippen molar-refractivity contribution < 1.29 is 6.85 Å². The Morgan fingerprint density at radius 1 is 0.370 bits per heavy atom. The Morgan fingerprint density at radius 3 is 1.81 bits per heavy atom. The summed E-state index contributed by atoms with van der Waals surface area (Å²) in [7, 11) is 0. The molecule has 0 radical (unpaired) electrons. The Balaban J connectivity index is 1.18. The zero-order valence-corrected chi connectivity index (χ0v) is 30.3. The third-order valence-electron chi connectivity index (χ3n) is 10.8. The topological polar surface area (TPSA) is 9.86 Å². The van der Waals surface area contributed by atoms with E-state index in [-0.39, 0.29) is 29.9 Å². The molecule has 0 amide bonds. The highest BCUT2D eigenvalue weighted by Gasteiger charge is 2.23. The molecule has 0 saturated heterocycles. The lowest BCUT2D eigenvalue weighted by molar-refractivity contribution is 1.18. The third kappa shape index (κ3) is 4.15. The minimum Gasteiger partial charge on any atom is -0.309 e. The molecule has 0 N–H and O–H groups in total. The molecule has 0 aliphatic rings. The molecule has 4 aromatic heterocycles. The average molecular weight is 728 g/mol. The van der Waals surface area contributed by atoms with Crippen LogP contribution in [0.2, 0.25) is 0 Å². The first kappa shape index (κ1) is 25.5. The molecule has 4 heterocycles. The van der Waals surface area contributed by atoms with Crippen molar-refractivity contribution in [1.29, 1.82) is 0 Å². The smallest absolute Gasteiger partial charge is 0.0727 e. The number of benzene rings is 8. The number of fused-ring (bicyclic) bond motifs is 11. The van der Waals surface area contributed by atoms with E-state index in [9.17, 15) is 0 Å². The summed E-state index contributed by atoms with van der Waals surface area (Å²) in [5.41, 5.74) is 9.55. The molecule has 12 rings (SSSR count). The van der Waals surface area contributed by atoms with Gasteiger partial charge in [-0.3, -0.25) is 0 Å². The van der Waals surface area contributed by atoms with Crippen LogP contribution in [-0.2, 0) is 0 Å². The van der Waals surface area contributed by atoms with Crippen molar-refractivity contribution in [2.45, 2.75) is 0 Å². The highest BCUT2D eigenvalue weighted by Crippen LogP contribution is 2.51. The summed E-state index contributed by atoms with van der Waals surface area (Å²) >= 11 is 3.65. The Hall–Kier alpha value is -6.46. The van der Waals surface area contributed by atoms with Gasteiger partial charge in [0, 0.05) is 74.5 Å². The van der Waals surface area contributed by atoms with Crippen LogP contribution in [0.25, 0.3) is 107 Å². The van der Waals surface area contributed by atoms with Crippen molar-refractivity contribution in [2.24, 2.45) is 0 Å². The van der Waals surface area contributed by atoms with Crippen molar-refractivity contribution in [3.63, 3.8) is 0 Å². The number of hydrogen-bond donors (Lipinski definition) is 0. The molecule has 0 saturated carbocycles. The van der Waals surface area contributed by atoms with Gasteiger partial charge in [0.25, 0.3) is 0 Å². The SMILES string of the molecule is [2H]c1c([2H])c([2H])c(-n2c3ccccc3c3cccc(-c4ccc(-c5cccc6c5sc5c7ccccc7n(-c7ccccc7)c65)c5sc6ccccc6c45)c32)c([2H])c1[2H]. The predicted octanol–water partition coefficient (Wildman–Crippen LogP) is 14.8. The fourth-order valence-electron chi connectivity index (χ4n) is 8.64. The molecule has 8 aromatic carbocycles. The first-order valence-electron chi connectivity index (χ1n) is 20.4. The Bertz CT molecular complexity index is 3710. The summed E-state index contributed by atoms with van der Waals surface area (Å²) in [6, 6.07) is 51.6. The minimum atomic E-state index is -0.408. The van der Waals surface area contributed by atoms with Gasteiger partial charge in [-0.05, 0) is 48.0 Å². The lowest BCUT2D eigenvalue weighted by Crippen LogP contribution is -1.95. The van der Waals surface area contributed by atoms with Crippen LogP contribution >= 0.6 is 22.7 Å². The summed E-state index contributed by atoms with van der Waals surface area (Å²) in [4.78, 5) is 0. The Kier molecular flexibility index (Phi) is 5.44. The van der Waals surface area contributed by atoms with Crippen LogP contribution in [0, 0.1) is 0 Å². The molecular weight excluding hydrogens is 693 g/mol. The van der Waals surface area contributed by atoms with Gasteiger partial charge in [0.1, 0.15) is 0 Å². The van der Waals surface area contributed by atoms with Gasteiger partial charge >= 0.3 is 0 Å². The summed E-state index contributed by atoms with van der Waals surface area (Å²) in [5.74, 6) is 0. The van der Waals surface area contributed by atoms with E-state index >= 15 is 0 Å². The van der Waals surface area contributed by atoms with Crippen molar-refractivity contribution in [1.82, 2.24) is 9.13 Å². The molecular formula is C50H30N2S2. The van der Waals surface area contributed by atoms with Crippen molar-refractivity contribution in [3.05, 3.63) is 182 Å². The summed E-state index contributed by atoms with van der Waals surface area (Å²) < 4.78 is 52.9. The van der Waals surface area contributed by atoms with Crippen LogP contribution in [0.5, 0.6) is 0 Å². The highest BCUT2D eigenvalue weighted by molar-refractivity contribution is 7.28. The van der Waals surface area contributed by atoms with Gasteiger partial charge in [0.15, 0.2) is 0 Å². The first-order chi connectivity index (χ1) is 28.9. The second kappa shape index (κ2) is 11.5. The van der Waals surface area contributed by atoms with Gasteiger partial charge in [-0.25, -0.2) is 0 Å². The van der Waals surface area contributed by atoms with Gasteiger partial charge in [-0.2, -0.15) is 0 Å². The zero-order chi connectivity index (χ0) is 39.7. The van der Waals surface area contributed by atoms with E-state index < -0.39 is 6.04 Å². The molecule has 0 unspecified atom stereocenters. The highest BCUT2D eigenvalue weighted by atomic mass is 32.1. The van der Waals surface area contributed by atoms with Crippen LogP contribution in [0.1, 0.15) is 6.85 Å². The van der Waals surface area contributed by atoms with Crippen LogP contribution in [-0.4, -0.2) is 9.13 Å². The van der Waals surface area contributed by atoms with Gasteiger partial charge in [-0.15, -0.1) is 22.7 Å². The van der Waals surface area contributed by atoms with E-state index in [4.69, 9.17) is 6.85 Å². The molecule has 0 fully saturated rings. The van der Waals surface area contributed by atoms with E-state index in [1.54, 1.807) is 11.3 Å². The lowest BCUT2D eigenvalue weighted by Gasteiger charge is -2.14. The maximum atomic E-state index is 9.08. The monoisotopic (exact) mass is 727 g/mol. The van der Waals surface area contributed by atoms with Gasteiger partial charge < -0.3 is 9.13 Å².